The molecule has 0 bridgehead atoms. The molecule has 0 aromatic carbocycles. The molecule has 0 aliphatic heterocycles. The summed E-state index contributed by atoms with van der Waals surface area (Å²) in [6, 6.07) is 0. The second kappa shape index (κ2) is 6.65. The van der Waals surface area contributed by atoms with Crippen LogP contribution in [-0.4, -0.2) is 34.4 Å². The van der Waals surface area contributed by atoms with Crippen LogP contribution < -0.4 is 0 Å². The van der Waals surface area contributed by atoms with E-state index < -0.39 is 11.4 Å². The van der Waals surface area contributed by atoms with Crippen LogP contribution in [0, 0.1) is 5.41 Å². The van der Waals surface area contributed by atoms with E-state index in [9.17, 15) is 9.90 Å². The second-order valence-electron chi connectivity index (χ2n) is 4.82. The highest BCUT2D eigenvalue weighted by Crippen LogP contribution is 2.30. The zero-order valence-electron chi connectivity index (χ0n) is 12.0. The smallest absolute Gasteiger partial charge is 0.310 e. The monoisotopic (exact) mass is 270 g/mol. The third kappa shape index (κ3) is 3.76. The number of carbonyl (C=O) groups is 1. The Kier molecular flexibility index (Phi) is 5.47. The molecule has 1 rings (SSSR count). The van der Waals surface area contributed by atoms with Crippen molar-refractivity contribution in [3.05, 3.63) is 11.7 Å². The maximum absolute atomic E-state index is 11.4. The van der Waals surface area contributed by atoms with Gasteiger partial charge >= 0.3 is 5.97 Å². The summed E-state index contributed by atoms with van der Waals surface area (Å²) < 4.78 is 10.3. The third-order valence-corrected chi connectivity index (χ3v) is 3.68. The lowest BCUT2D eigenvalue weighted by atomic mass is 9.79. The lowest BCUT2D eigenvalue weighted by molar-refractivity contribution is -0.149. The van der Waals surface area contributed by atoms with Gasteiger partial charge in [0.15, 0.2) is 5.82 Å². The average Bonchev–Trinajstić information content (AvgIpc) is 2.82. The largest absolute Gasteiger partial charge is 0.481 e. The average molecular weight is 270 g/mol. The number of hydrogen-bond donors (Lipinski definition) is 1. The molecule has 6 heteroatoms. The minimum atomic E-state index is -0.823. The number of rotatable bonds is 8. The highest BCUT2D eigenvalue weighted by Gasteiger charge is 2.37. The Morgan fingerprint density at radius 1 is 1.47 bits per heavy atom. The maximum Gasteiger partial charge on any atom is 0.310 e. The van der Waals surface area contributed by atoms with E-state index in [1.807, 2.05) is 20.8 Å². The summed E-state index contributed by atoms with van der Waals surface area (Å²) >= 11 is 0. The quantitative estimate of drug-likeness (QED) is 0.778. The Balaban J connectivity index is 2.79. The molecular weight excluding hydrogens is 248 g/mol. The Hall–Kier alpha value is -1.43. The van der Waals surface area contributed by atoms with E-state index in [2.05, 4.69) is 10.1 Å². The number of carboxylic acid groups (broad SMARTS) is 1. The highest BCUT2D eigenvalue weighted by molar-refractivity contribution is 5.74. The van der Waals surface area contributed by atoms with Crippen molar-refractivity contribution in [1.29, 1.82) is 0 Å². The minimum Gasteiger partial charge on any atom is -0.481 e. The molecule has 1 N–H and O–H groups in total. The van der Waals surface area contributed by atoms with Crippen LogP contribution in [0.15, 0.2) is 4.52 Å². The van der Waals surface area contributed by atoms with E-state index in [1.165, 1.54) is 0 Å². The molecule has 19 heavy (non-hydrogen) atoms. The van der Waals surface area contributed by atoms with Crippen molar-refractivity contribution in [2.75, 3.05) is 7.11 Å². The Morgan fingerprint density at radius 3 is 2.58 bits per heavy atom. The topological polar surface area (TPSA) is 85.5 Å². The lowest BCUT2D eigenvalue weighted by Crippen LogP contribution is -2.32. The van der Waals surface area contributed by atoms with Crippen LogP contribution in [0.4, 0.5) is 0 Å². The van der Waals surface area contributed by atoms with Crippen LogP contribution in [0.3, 0.4) is 0 Å². The molecule has 0 saturated carbocycles. The SMILES string of the molecule is CCC(CC)(Cc1nc(CC(C)OC)no1)C(=O)O. The van der Waals surface area contributed by atoms with Gasteiger partial charge in [0, 0.05) is 20.0 Å². The lowest BCUT2D eigenvalue weighted by Gasteiger charge is -2.24. The zero-order chi connectivity index (χ0) is 14.5. The van der Waals surface area contributed by atoms with Gasteiger partial charge in [0.05, 0.1) is 11.5 Å². The van der Waals surface area contributed by atoms with Crippen LogP contribution in [-0.2, 0) is 22.4 Å². The molecule has 0 aliphatic rings. The molecule has 1 atom stereocenters. The zero-order valence-corrected chi connectivity index (χ0v) is 12.0. The fourth-order valence-corrected chi connectivity index (χ4v) is 1.95. The summed E-state index contributed by atoms with van der Waals surface area (Å²) in [7, 11) is 1.62. The van der Waals surface area contributed by atoms with Crippen LogP contribution in [0.2, 0.25) is 0 Å². The van der Waals surface area contributed by atoms with Gasteiger partial charge in [-0.05, 0) is 19.8 Å². The van der Waals surface area contributed by atoms with E-state index in [0.29, 0.717) is 31.0 Å². The molecule has 0 fully saturated rings. The van der Waals surface area contributed by atoms with Crippen molar-refractivity contribution < 1.29 is 19.2 Å². The first kappa shape index (κ1) is 15.6. The van der Waals surface area contributed by atoms with Crippen molar-refractivity contribution >= 4 is 5.97 Å². The van der Waals surface area contributed by atoms with E-state index in [-0.39, 0.29) is 12.5 Å². The first-order valence-electron chi connectivity index (χ1n) is 6.55. The van der Waals surface area contributed by atoms with Crippen molar-refractivity contribution in [2.24, 2.45) is 5.41 Å². The van der Waals surface area contributed by atoms with Crippen molar-refractivity contribution in [3.8, 4) is 0 Å². The molecule has 1 unspecified atom stereocenters. The molecule has 0 spiro atoms. The van der Waals surface area contributed by atoms with Crippen LogP contribution in [0.25, 0.3) is 0 Å². The molecule has 0 saturated heterocycles. The predicted octanol–water partition coefficient (Wildman–Crippen LogP) is 2.08. The number of methoxy groups -OCH3 is 1. The normalized spacial score (nSPS) is 13.5. The van der Waals surface area contributed by atoms with Crippen molar-refractivity contribution in [2.45, 2.75) is 52.6 Å². The minimum absolute atomic E-state index is 0.00651. The summed E-state index contributed by atoms with van der Waals surface area (Å²) in [4.78, 5) is 15.6. The molecule has 0 amide bonds. The van der Waals surface area contributed by atoms with Gasteiger partial charge in [0.2, 0.25) is 5.89 Å². The molecule has 0 aliphatic carbocycles. The van der Waals surface area contributed by atoms with Crippen LogP contribution >= 0.6 is 0 Å². The fourth-order valence-electron chi connectivity index (χ4n) is 1.95. The van der Waals surface area contributed by atoms with Gasteiger partial charge in [-0.2, -0.15) is 4.98 Å². The maximum atomic E-state index is 11.4. The van der Waals surface area contributed by atoms with Gasteiger partial charge < -0.3 is 14.4 Å². The number of carboxylic acids is 1. The van der Waals surface area contributed by atoms with Gasteiger partial charge in [0.1, 0.15) is 0 Å². The van der Waals surface area contributed by atoms with Crippen molar-refractivity contribution in [1.82, 2.24) is 10.1 Å². The number of aliphatic carboxylic acids is 1. The standard InChI is InChI=1S/C13H22N2O4/c1-5-13(6-2,12(16)17)8-11-14-10(15-19-11)7-9(3)18-4/h9H,5-8H2,1-4H3,(H,16,17). The Morgan fingerprint density at radius 2 is 2.11 bits per heavy atom. The summed E-state index contributed by atoms with van der Waals surface area (Å²) in [5.74, 6) is 0.114. The number of ether oxygens (including phenoxy) is 1. The Bertz CT molecular complexity index is 413. The summed E-state index contributed by atoms with van der Waals surface area (Å²) in [6.07, 6.45) is 1.89. The molecule has 6 nitrogen and oxygen atoms in total. The van der Waals surface area contributed by atoms with Gasteiger partial charge in [-0.3, -0.25) is 4.79 Å². The molecule has 0 radical (unpaired) electrons. The van der Waals surface area contributed by atoms with Gasteiger partial charge in [0.25, 0.3) is 0 Å². The molecule has 1 aromatic rings. The number of aromatic nitrogens is 2. The number of nitrogens with zero attached hydrogens (tertiary/aromatic N) is 2. The van der Waals surface area contributed by atoms with E-state index >= 15 is 0 Å². The highest BCUT2D eigenvalue weighted by atomic mass is 16.5. The van der Waals surface area contributed by atoms with Crippen LogP contribution in [0.1, 0.15) is 45.3 Å². The summed E-state index contributed by atoms with van der Waals surface area (Å²) in [5.41, 5.74) is -0.823. The Labute approximate surface area is 113 Å². The molecular formula is C13H22N2O4. The fraction of sp³-hybridized carbons (Fsp3) is 0.769. The first-order chi connectivity index (χ1) is 8.97. The van der Waals surface area contributed by atoms with Crippen molar-refractivity contribution in [3.63, 3.8) is 0 Å². The number of hydrogen-bond acceptors (Lipinski definition) is 5. The van der Waals surface area contributed by atoms with E-state index in [0.717, 1.165) is 0 Å². The first-order valence-corrected chi connectivity index (χ1v) is 6.55. The molecule has 1 aromatic heterocycles. The van der Waals surface area contributed by atoms with E-state index in [1.54, 1.807) is 7.11 Å². The molecule has 108 valence electrons. The van der Waals surface area contributed by atoms with E-state index in [4.69, 9.17) is 9.26 Å². The van der Waals surface area contributed by atoms with Crippen LogP contribution in [0.5, 0.6) is 0 Å². The second-order valence-corrected chi connectivity index (χ2v) is 4.82. The summed E-state index contributed by atoms with van der Waals surface area (Å²) in [5, 5.41) is 13.2. The van der Waals surface area contributed by atoms with Gasteiger partial charge in [-0.15, -0.1) is 0 Å². The summed E-state index contributed by atoms with van der Waals surface area (Å²) in [6.45, 7) is 5.64. The molecule has 1 heterocycles. The predicted molar refractivity (Wildman–Crippen MR) is 68.8 cm³/mol. The van der Waals surface area contributed by atoms with Gasteiger partial charge in [-0.25, -0.2) is 0 Å². The van der Waals surface area contributed by atoms with Gasteiger partial charge in [-0.1, -0.05) is 19.0 Å². The third-order valence-electron chi connectivity index (χ3n) is 3.68.